The first-order valence-corrected chi connectivity index (χ1v) is 7.17. The van der Waals surface area contributed by atoms with Crippen LogP contribution < -0.4 is 4.74 Å². The molecule has 0 unspecified atom stereocenters. The second-order valence-corrected chi connectivity index (χ2v) is 5.07. The zero-order valence-electron chi connectivity index (χ0n) is 12.8. The fraction of sp³-hybridized carbons (Fsp3) is 0.111. The van der Waals surface area contributed by atoms with Crippen molar-refractivity contribution in [3.8, 4) is 11.8 Å². The molecule has 0 aliphatic carbocycles. The number of hydrogen-bond donors (Lipinski definition) is 0. The van der Waals surface area contributed by atoms with Crippen molar-refractivity contribution in [1.82, 2.24) is 9.55 Å². The molecule has 0 N–H and O–H groups in total. The van der Waals surface area contributed by atoms with Crippen molar-refractivity contribution < 1.29 is 13.5 Å². The molecule has 0 saturated carbocycles. The number of ether oxygens (including phenoxy) is 1. The normalized spacial score (nSPS) is 11.7. The predicted molar refractivity (Wildman–Crippen MR) is 87.3 cm³/mol. The van der Waals surface area contributed by atoms with Gasteiger partial charge in [-0.2, -0.15) is 14.0 Å². The van der Waals surface area contributed by atoms with E-state index >= 15 is 0 Å². The van der Waals surface area contributed by atoms with Gasteiger partial charge in [0.2, 0.25) is 0 Å². The summed E-state index contributed by atoms with van der Waals surface area (Å²) in [6.07, 6.45) is 1.50. The van der Waals surface area contributed by atoms with Gasteiger partial charge in [0.25, 0.3) is 0 Å². The van der Waals surface area contributed by atoms with E-state index in [1.807, 2.05) is 24.3 Å². The van der Waals surface area contributed by atoms with Crippen molar-refractivity contribution in [2.24, 2.45) is 7.05 Å². The van der Waals surface area contributed by atoms with Gasteiger partial charge < -0.3 is 9.30 Å². The van der Waals surface area contributed by atoms with Gasteiger partial charge in [0.05, 0.1) is 16.6 Å². The first-order valence-electron chi connectivity index (χ1n) is 7.17. The van der Waals surface area contributed by atoms with Crippen LogP contribution in [0.25, 0.3) is 22.7 Å². The van der Waals surface area contributed by atoms with Crippen LogP contribution in [0, 0.1) is 11.3 Å². The lowest BCUT2D eigenvalue weighted by atomic mass is 10.1. The van der Waals surface area contributed by atoms with Crippen LogP contribution >= 0.6 is 0 Å². The van der Waals surface area contributed by atoms with Crippen molar-refractivity contribution >= 4 is 22.7 Å². The van der Waals surface area contributed by atoms with Gasteiger partial charge >= 0.3 is 6.61 Å². The summed E-state index contributed by atoms with van der Waals surface area (Å²) in [4.78, 5) is 4.45. The van der Waals surface area contributed by atoms with Crippen LogP contribution in [-0.2, 0) is 7.05 Å². The SMILES string of the molecule is Cn1c(/C(C#N)=C/c2ccccc2OC(F)F)nc2ccccc21. The molecule has 0 saturated heterocycles. The topological polar surface area (TPSA) is 50.8 Å². The Labute approximate surface area is 137 Å². The second-order valence-electron chi connectivity index (χ2n) is 5.07. The first-order chi connectivity index (χ1) is 11.6. The van der Waals surface area contributed by atoms with Gasteiger partial charge in [-0.15, -0.1) is 0 Å². The number of fused-ring (bicyclic) bond motifs is 1. The van der Waals surface area contributed by atoms with Crippen molar-refractivity contribution in [1.29, 1.82) is 5.26 Å². The summed E-state index contributed by atoms with van der Waals surface area (Å²) < 4.78 is 31.3. The molecule has 3 aromatic rings. The molecule has 0 radical (unpaired) electrons. The summed E-state index contributed by atoms with van der Waals surface area (Å²) >= 11 is 0. The highest BCUT2D eigenvalue weighted by molar-refractivity contribution is 5.91. The van der Waals surface area contributed by atoms with Gasteiger partial charge in [-0.1, -0.05) is 30.3 Å². The number of aromatic nitrogens is 2. The molecule has 2 aromatic carbocycles. The Hall–Kier alpha value is -3.20. The van der Waals surface area contributed by atoms with Crippen LogP contribution in [0.15, 0.2) is 48.5 Å². The summed E-state index contributed by atoms with van der Waals surface area (Å²) in [5, 5.41) is 9.50. The minimum atomic E-state index is -2.93. The van der Waals surface area contributed by atoms with Crippen LogP contribution in [-0.4, -0.2) is 16.2 Å². The van der Waals surface area contributed by atoms with E-state index in [1.165, 1.54) is 12.1 Å². The fourth-order valence-electron chi connectivity index (χ4n) is 2.49. The average Bonchev–Trinajstić information content (AvgIpc) is 2.91. The largest absolute Gasteiger partial charge is 0.434 e. The highest BCUT2D eigenvalue weighted by atomic mass is 19.3. The molecular formula is C18H13F2N3O. The summed E-state index contributed by atoms with van der Waals surface area (Å²) in [5.74, 6) is 0.476. The smallest absolute Gasteiger partial charge is 0.387 e. The lowest BCUT2D eigenvalue weighted by Crippen LogP contribution is -2.03. The van der Waals surface area contributed by atoms with Crippen molar-refractivity contribution in [3.05, 3.63) is 59.9 Å². The number of halogens is 2. The van der Waals surface area contributed by atoms with Crippen molar-refractivity contribution in [2.45, 2.75) is 6.61 Å². The number of benzene rings is 2. The quantitative estimate of drug-likeness (QED) is 0.674. The molecule has 0 fully saturated rings. The fourth-order valence-corrected chi connectivity index (χ4v) is 2.49. The molecule has 0 aliphatic heterocycles. The molecule has 1 aromatic heterocycles. The van der Waals surface area contributed by atoms with Crippen molar-refractivity contribution in [3.63, 3.8) is 0 Å². The number of alkyl halides is 2. The van der Waals surface area contributed by atoms with E-state index in [0.29, 0.717) is 11.4 Å². The van der Waals surface area contributed by atoms with E-state index in [0.717, 1.165) is 11.0 Å². The lowest BCUT2D eigenvalue weighted by Gasteiger charge is -2.08. The molecule has 0 spiro atoms. The zero-order valence-corrected chi connectivity index (χ0v) is 12.8. The maximum Gasteiger partial charge on any atom is 0.387 e. The molecule has 24 heavy (non-hydrogen) atoms. The van der Waals surface area contributed by atoms with Gasteiger partial charge in [-0.25, -0.2) is 4.98 Å². The maximum absolute atomic E-state index is 12.5. The number of nitrogens with zero attached hydrogens (tertiary/aromatic N) is 3. The van der Waals surface area contributed by atoms with Gasteiger partial charge in [0.1, 0.15) is 11.8 Å². The number of hydrogen-bond acceptors (Lipinski definition) is 3. The Morgan fingerprint density at radius 3 is 2.62 bits per heavy atom. The lowest BCUT2D eigenvalue weighted by molar-refractivity contribution is -0.0499. The van der Waals surface area contributed by atoms with Crippen LogP contribution in [0.5, 0.6) is 5.75 Å². The monoisotopic (exact) mass is 325 g/mol. The number of nitriles is 1. The summed E-state index contributed by atoms with van der Waals surface area (Å²) in [7, 11) is 1.80. The van der Waals surface area contributed by atoms with E-state index in [1.54, 1.807) is 29.8 Å². The molecule has 0 bridgehead atoms. The minimum absolute atomic E-state index is 0.0130. The van der Waals surface area contributed by atoms with Gasteiger partial charge in [-0.3, -0.25) is 0 Å². The summed E-state index contributed by atoms with van der Waals surface area (Å²) in [6, 6.07) is 15.9. The summed E-state index contributed by atoms with van der Waals surface area (Å²) in [5.41, 5.74) is 2.29. The van der Waals surface area contributed by atoms with Crippen LogP contribution in [0.1, 0.15) is 11.4 Å². The Morgan fingerprint density at radius 1 is 1.21 bits per heavy atom. The molecule has 3 rings (SSSR count). The van der Waals surface area contributed by atoms with E-state index in [4.69, 9.17) is 0 Å². The molecule has 120 valence electrons. The van der Waals surface area contributed by atoms with Gasteiger partial charge in [-0.05, 0) is 24.3 Å². The zero-order chi connectivity index (χ0) is 17.1. The summed E-state index contributed by atoms with van der Waals surface area (Å²) in [6.45, 7) is -2.93. The standard InChI is InChI=1S/C18H13F2N3O/c1-23-15-8-4-3-7-14(15)22-17(23)13(11-21)10-12-6-2-5-9-16(12)24-18(19)20/h2-10,18H,1H3/b13-10+. The van der Waals surface area contributed by atoms with Gasteiger partial charge in [0.15, 0.2) is 5.82 Å². The molecule has 0 atom stereocenters. The second kappa shape index (κ2) is 6.50. The molecule has 4 nitrogen and oxygen atoms in total. The minimum Gasteiger partial charge on any atom is -0.434 e. The average molecular weight is 325 g/mol. The van der Waals surface area contributed by atoms with Crippen LogP contribution in [0.2, 0.25) is 0 Å². The van der Waals surface area contributed by atoms with Gasteiger partial charge in [0, 0.05) is 12.6 Å². The van der Waals surface area contributed by atoms with Crippen LogP contribution in [0.3, 0.4) is 0 Å². The number of para-hydroxylation sites is 3. The molecular weight excluding hydrogens is 312 g/mol. The third kappa shape index (κ3) is 2.97. The third-order valence-electron chi connectivity index (χ3n) is 3.58. The predicted octanol–water partition coefficient (Wildman–Crippen LogP) is 4.24. The third-order valence-corrected chi connectivity index (χ3v) is 3.58. The number of imidazole rings is 1. The number of allylic oxidation sites excluding steroid dienone is 1. The number of aryl methyl sites for hydroxylation is 1. The molecule has 1 heterocycles. The van der Waals surface area contributed by atoms with E-state index in [2.05, 4.69) is 15.8 Å². The maximum atomic E-state index is 12.5. The highest BCUT2D eigenvalue weighted by Crippen LogP contribution is 2.27. The first kappa shape index (κ1) is 15.7. The molecule has 6 heteroatoms. The Morgan fingerprint density at radius 2 is 1.92 bits per heavy atom. The number of rotatable bonds is 4. The molecule has 0 aliphatic rings. The van der Waals surface area contributed by atoms with Crippen LogP contribution in [0.4, 0.5) is 8.78 Å². The van der Waals surface area contributed by atoms with Crippen molar-refractivity contribution in [2.75, 3.05) is 0 Å². The van der Waals surface area contributed by atoms with E-state index < -0.39 is 6.61 Å². The Balaban J connectivity index is 2.10. The Kier molecular flexibility index (Phi) is 4.25. The molecule has 0 amide bonds. The highest BCUT2D eigenvalue weighted by Gasteiger charge is 2.14. The van der Waals surface area contributed by atoms with E-state index in [9.17, 15) is 14.0 Å². The Bertz CT molecular complexity index is 954. The van der Waals surface area contributed by atoms with E-state index in [-0.39, 0.29) is 11.3 Å².